The number of imidazole rings is 1. The van der Waals surface area contributed by atoms with E-state index in [1.807, 2.05) is 49.4 Å². The molecule has 0 N–H and O–H groups in total. The van der Waals surface area contributed by atoms with Gasteiger partial charge in [-0.2, -0.15) is 0 Å². The molecule has 0 amide bonds. The fourth-order valence-electron chi connectivity index (χ4n) is 6.12. The van der Waals surface area contributed by atoms with E-state index in [9.17, 15) is 0 Å². The summed E-state index contributed by atoms with van der Waals surface area (Å²) >= 11 is 0. The summed E-state index contributed by atoms with van der Waals surface area (Å²) in [5.74, 6) is 1.59. The molecule has 2 heterocycles. The van der Waals surface area contributed by atoms with Gasteiger partial charge in [0.05, 0.1) is 29.8 Å². The molecule has 43 heavy (non-hydrogen) atoms. The Kier molecular flexibility index (Phi) is 7.05. The molecule has 6 aromatic rings. The van der Waals surface area contributed by atoms with Gasteiger partial charge in [-0.1, -0.05) is 133 Å². The van der Waals surface area contributed by atoms with Crippen LogP contribution < -0.4 is 9.75 Å². The van der Waals surface area contributed by atoms with Crippen LogP contribution in [0.25, 0.3) is 22.6 Å². The smallest absolute Gasteiger partial charge is 0.163 e. The molecule has 0 spiro atoms. The maximum Gasteiger partial charge on any atom is 0.163 e. The SMILES string of the molecule is CCOc1ccccc1-c1nc(-c2ccccc2)cn1N1CN=C(c2ccccc2)C1(c1ccccc1)c1ccccc1. The quantitative estimate of drug-likeness (QED) is 0.190. The van der Waals surface area contributed by atoms with E-state index in [0.717, 1.165) is 50.8 Å². The molecule has 0 aliphatic carbocycles. The lowest BCUT2D eigenvalue weighted by atomic mass is 9.76. The first-order valence-electron chi connectivity index (χ1n) is 14.7. The van der Waals surface area contributed by atoms with Gasteiger partial charge in [0, 0.05) is 5.56 Å². The third kappa shape index (κ3) is 4.59. The number of ether oxygens (including phenoxy) is 1. The largest absolute Gasteiger partial charge is 0.493 e. The number of rotatable bonds is 8. The number of para-hydroxylation sites is 1. The number of hydrogen-bond donors (Lipinski definition) is 0. The normalized spacial score (nSPS) is 14.0. The third-order valence-electron chi connectivity index (χ3n) is 7.97. The van der Waals surface area contributed by atoms with Crippen LogP contribution in [0.3, 0.4) is 0 Å². The molecule has 210 valence electrons. The van der Waals surface area contributed by atoms with Gasteiger partial charge in [0.15, 0.2) is 11.4 Å². The van der Waals surface area contributed by atoms with Crippen molar-refractivity contribution in [3.63, 3.8) is 0 Å². The van der Waals surface area contributed by atoms with E-state index in [2.05, 4.69) is 119 Å². The zero-order chi connectivity index (χ0) is 29.1. The first-order chi connectivity index (χ1) is 21.3. The molecule has 5 aromatic carbocycles. The minimum absolute atomic E-state index is 0.433. The maximum atomic E-state index is 6.14. The molecule has 5 nitrogen and oxygen atoms in total. The highest BCUT2D eigenvalue weighted by Crippen LogP contribution is 2.44. The minimum Gasteiger partial charge on any atom is -0.493 e. The molecule has 1 aromatic heterocycles. The summed E-state index contributed by atoms with van der Waals surface area (Å²) in [6.07, 6.45) is 2.14. The van der Waals surface area contributed by atoms with Gasteiger partial charge < -0.3 is 4.74 Å². The summed E-state index contributed by atoms with van der Waals surface area (Å²) in [4.78, 5) is 10.6. The van der Waals surface area contributed by atoms with Crippen LogP contribution in [-0.2, 0) is 5.54 Å². The molecule has 1 aliphatic rings. The van der Waals surface area contributed by atoms with Crippen molar-refractivity contribution in [2.45, 2.75) is 12.5 Å². The number of nitrogens with zero attached hydrogens (tertiary/aromatic N) is 4. The van der Waals surface area contributed by atoms with E-state index in [1.165, 1.54) is 0 Å². The fraction of sp³-hybridized carbons (Fsp3) is 0.105. The van der Waals surface area contributed by atoms with Gasteiger partial charge in [0.1, 0.15) is 12.4 Å². The molecule has 5 heteroatoms. The van der Waals surface area contributed by atoms with E-state index in [1.54, 1.807) is 0 Å². The van der Waals surface area contributed by atoms with Crippen LogP contribution in [0.2, 0.25) is 0 Å². The molecule has 0 saturated carbocycles. The van der Waals surface area contributed by atoms with Crippen molar-refractivity contribution < 1.29 is 4.74 Å². The van der Waals surface area contributed by atoms with Crippen LogP contribution in [0, 0.1) is 0 Å². The van der Waals surface area contributed by atoms with Crippen LogP contribution in [-0.4, -0.2) is 28.6 Å². The Hall–Kier alpha value is -5.42. The van der Waals surface area contributed by atoms with Gasteiger partial charge in [-0.25, -0.2) is 9.66 Å². The summed E-state index contributed by atoms with van der Waals surface area (Å²) in [5.41, 5.74) is 6.43. The van der Waals surface area contributed by atoms with Crippen LogP contribution in [0.1, 0.15) is 23.6 Å². The standard InChI is InChI=1S/C38H32N4O/c1-2-43-35-26-16-15-25-33(35)37-40-34(29-17-7-3-8-18-29)27-41(37)42-28-39-36(30-19-9-4-10-20-30)38(42,31-21-11-5-12-22-31)32-23-13-6-14-24-32/h3-27H,2,28H2,1H3. The average molecular weight is 561 g/mol. The highest BCUT2D eigenvalue weighted by atomic mass is 16.5. The second-order valence-electron chi connectivity index (χ2n) is 10.4. The highest BCUT2D eigenvalue weighted by molar-refractivity contribution is 6.12. The molecule has 7 rings (SSSR count). The molecule has 1 aliphatic heterocycles. The predicted octanol–water partition coefficient (Wildman–Crippen LogP) is 7.96. The zero-order valence-corrected chi connectivity index (χ0v) is 24.0. The van der Waals surface area contributed by atoms with Crippen LogP contribution in [0.15, 0.2) is 157 Å². The first kappa shape index (κ1) is 26.5. The van der Waals surface area contributed by atoms with Gasteiger partial charge in [0.2, 0.25) is 0 Å². The Morgan fingerprint density at radius 2 is 1.19 bits per heavy atom. The van der Waals surface area contributed by atoms with Gasteiger partial charge >= 0.3 is 0 Å². The lowest BCUT2D eigenvalue weighted by Crippen LogP contribution is -2.54. The van der Waals surface area contributed by atoms with Crippen molar-refractivity contribution in [2.24, 2.45) is 4.99 Å². The molecule has 0 radical (unpaired) electrons. The van der Waals surface area contributed by atoms with Crippen LogP contribution >= 0.6 is 0 Å². The van der Waals surface area contributed by atoms with Crippen molar-refractivity contribution in [2.75, 3.05) is 18.3 Å². The molecule has 0 bridgehead atoms. The second kappa shape index (κ2) is 11.5. The molecular weight excluding hydrogens is 528 g/mol. The van der Waals surface area contributed by atoms with Crippen molar-refractivity contribution in [1.29, 1.82) is 0 Å². The zero-order valence-electron chi connectivity index (χ0n) is 24.0. The lowest BCUT2D eigenvalue weighted by Gasteiger charge is -2.42. The molecule has 0 fully saturated rings. The number of benzene rings is 5. The highest BCUT2D eigenvalue weighted by Gasteiger charge is 2.50. The van der Waals surface area contributed by atoms with Gasteiger partial charge in [-0.15, -0.1) is 0 Å². The predicted molar refractivity (Wildman–Crippen MR) is 174 cm³/mol. The molecule has 0 saturated heterocycles. The number of hydrogen-bond acceptors (Lipinski definition) is 4. The van der Waals surface area contributed by atoms with Gasteiger partial charge in [-0.05, 0) is 35.7 Å². The Morgan fingerprint density at radius 3 is 1.79 bits per heavy atom. The third-order valence-corrected chi connectivity index (χ3v) is 7.97. The van der Waals surface area contributed by atoms with E-state index < -0.39 is 5.54 Å². The monoisotopic (exact) mass is 560 g/mol. The Morgan fingerprint density at radius 1 is 0.651 bits per heavy atom. The minimum atomic E-state index is -0.742. The van der Waals surface area contributed by atoms with Crippen molar-refractivity contribution in [3.8, 4) is 28.4 Å². The van der Waals surface area contributed by atoms with Crippen molar-refractivity contribution in [3.05, 3.63) is 168 Å². The topological polar surface area (TPSA) is 42.6 Å². The molecular formula is C38H32N4O. The Bertz CT molecular complexity index is 1810. The second-order valence-corrected chi connectivity index (χ2v) is 10.4. The molecule has 0 unspecified atom stereocenters. The van der Waals surface area contributed by atoms with Crippen LogP contribution in [0.4, 0.5) is 0 Å². The first-order valence-corrected chi connectivity index (χ1v) is 14.7. The van der Waals surface area contributed by atoms with E-state index >= 15 is 0 Å². The summed E-state index contributed by atoms with van der Waals surface area (Å²) in [5, 5.41) is 2.34. The maximum absolute atomic E-state index is 6.14. The van der Waals surface area contributed by atoms with E-state index in [-0.39, 0.29) is 0 Å². The Balaban J connectivity index is 1.54. The summed E-state index contributed by atoms with van der Waals surface area (Å²) in [7, 11) is 0. The van der Waals surface area contributed by atoms with Crippen molar-refractivity contribution in [1.82, 2.24) is 9.66 Å². The summed E-state index contributed by atoms with van der Waals surface area (Å²) in [6, 6.07) is 50.3. The van der Waals surface area contributed by atoms with E-state index in [0.29, 0.717) is 13.3 Å². The number of aromatic nitrogens is 2. The molecule has 0 atom stereocenters. The van der Waals surface area contributed by atoms with E-state index in [4.69, 9.17) is 14.7 Å². The van der Waals surface area contributed by atoms with Crippen molar-refractivity contribution >= 4 is 5.71 Å². The van der Waals surface area contributed by atoms with Gasteiger partial charge in [0.25, 0.3) is 0 Å². The fourth-order valence-corrected chi connectivity index (χ4v) is 6.12. The lowest BCUT2D eigenvalue weighted by molar-refractivity contribution is 0.341. The Labute approximate surface area is 252 Å². The van der Waals surface area contributed by atoms with Crippen LogP contribution in [0.5, 0.6) is 5.75 Å². The van der Waals surface area contributed by atoms with Gasteiger partial charge in [-0.3, -0.25) is 10.0 Å². The summed E-state index contributed by atoms with van der Waals surface area (Å²) < 4.78 is 8.33. The number of aliphatic imine (C=N–C) groups is 1. The average Bonchev–Trinajstić information content (AvgIpc) is 3.70. The summed E-state index contributed by atoms with van der Waals surface area (Å²) in [6.45, 7) is 3.00.